The van der Waals surface area contributed by atoms with Crippen molar-refractivity contribution in [1.82, 2.24) is 9.71 Å². The van der Waals surface area contributed by atoms with Crippen molar-refractivity contribution in [1.29, 1.82) is 0 Å². The molecule has 1 atom stereocenters. The maximum absolute atomic E-state index is 12.2. The van der Waals surface area contributed by atoms with Crippen LogP contribution in [0, 0.1) is 0 Å². The van der Waals surface area contributed by atoms with Crippen molar-refractivity contribution in [2.75, 3.05) is 0 Å². The molecule has 1 aromatic heterocycles. The predicted molar refractivity (Wildman–Crippen MR) is 77.3 cm³/mol. The Morgan fingerprint density at radius 3 is 2.70 bits per heavy atom. The standard InChI is InChI=1S/C13H13ClN2O3S/c1-9(10-3-2-4-11(14)7-10)16-20(18,19)13-8-15-6-5-12(13)17/h2-9,16H,1H3,(H,15,17). The van der Waals surface area contributed by atoms with Crippen LogP contribution in [0.1, 0.15) is 18.5 Å². The van der Waals surface area contributed by atoms with Crippen molar-refractivity contribution in [3.63, 3.8) is 0 Å². The number of aromatic nitrogens is 1. The maximum atomic E-state index is 12.2. The third-order valence-corrected chi connectivity index (χ3v) is 4.56. The second-order valence-electron chi connectivity index (χ2n) is 4.27. The number of hydrogen-bond donors (Lipinski definition) is 2. The van der Waals surface area contributed by atoms with E-state index in [-0.39, 0.29) is 4.90 Å². The Kier molecular flexibility index (Phi) is 4.27. The SMILES string of the molecule is CC(NS(=O)(=O)c1c[nH]ccc1=O)c1cccc(Cl)c1. The Morgan fingerprint density at radius 1 is 1.30 bits per heavy atom. The van der Waals surface area contributed by atoms with Crippen LogP contribution in [-0.2, 0) is 10.0 Å². The van der Waals surface area contributed by atoms with E-state index < -0.39 is 21.5 Å². The molecular weight excluding hydrogens is 300 g/mol. The fourth-order valence-corrected chi connectivity index (χ4v) is 3.23. The summed E-state index contributed by atoms with van der Waals surface area (Å²) in [6.45, 7) is 1.68. The molecule has 0 saturated carbocycles. The number of benzene rings is 1. The van der Waals surface area contributed by atoms with Crippen LogP contribution in [0.25, 0.3) is 0 Å². The first-order valence-electron chi connectivity index (χ1n) is 5.85. The molecule has 1 aromatic carbocycles. The van der Waals surface area contributed by atoms with Gasteiger partial charge in [-0.3, -0.25) is 4.79 Å². The van der Waals surface area contributed by atoms with Crippen LogP contribution in [0.2, 0.25) is 5.02 Å². The van der Waals surface area contributed by atoms with E-state index in [4.69, 9.17) is 11.6 Å². The lowest BCUT2D eigenvalue weighted by atomic mass is 10.1. The fourth-order valence-electron chi connectivity index (χ4n) is 1.75. The molecule has 2 aromatic rings. The summed E-state index contributed by atoms with van der Waals surface area (Å²) in [5, 5.41) is 0.520. The van der Waals surface area contributed by atoms with Gasteiger partial charge in [0, 0.05) is 29.5 Å². The number of hydrogen-bond acceptors (Lipinski definition) is 3. The molecule has 0 aliphatic carbocycles. The molecule has 0 amide bonds. The van der Waals surface area contributed by atoms with Gasteiger partial charge in [0.05, 0.1) is 0 Å². The highest BCUT2D eigenvalue weighted by atomic mass is 35.5. The smallest absolute Gasteiger partial charge is 0.246 e. The topological polar surface area (TPSA) is 79.0 Å². The molecule has 106 valence electrons. The second kappa shape index (κ2) is 5.78. The van der Waals surface area contributed by atoms with E-state index in [0.717, 1.165) is 6.20 Å². The van der Waals surface area contributed by atoms with Gasteiger partial charge in [-0.25, -0.2) is 13.1 Å². The van der Waals surface area contributed by atoms with E-state index in [1.54, 1.807) is 31.2 Å². The minimum Gasteiger partial charge on any atom is -0.366 e. The fraction of sp³-hybridized carbons (Fsp3) is 0.154. The summed E-state index contributed by atoms with van der Waals surface area (Å²) in [4.78, 5) is 13.9. The molecule has 7 heteroatoms. The average molecular weight is 313 g/mol. The number of sulfonamides is 1. The van der Waals surface area contributed by atoms with Gasteiger partial charge in [0.15, 0.2) is 0 Å². The van der Waals surface area contributed by atoms with E-state index >= 15 is 0 Å². The van der Waals surface area contributed by atoms with Crippen LogP contribution in [0.5, 0.6) is 0 Å². The number of H-pyrrole nitrogens is 1. The second-order valence-corrected chi connectivity index (χ2v) is 6.39. The van der Waals surface area contributed by atoms with E-state index in [1.165, 1.54) is 12.3 Å². The average Bonchev–Trinajstić information content (AvgIpc) is 2.38. The summed E-state index contributed by atoms with van der Waals surface area (Å²) in [5.41, 5.74) is 0.156. The molecule has 0 aliphatic heterocycles. The van der Waals surface area contributed by atoms with Crippen LogP contribution in [0.4, 0.5) is 0 Å². The summed E-state index contributed by atoms with van der Waals surface area (Å²) in [5.74, 6) is 0. The van der Waals surface area contributed by atoms with Gasteiger partial charge in [-0.1, -0.05) is 23.7 Å². The van der Waals surface area contributed by atoms with Gasteiger partial charge in [-0.15, -0.1) is 0 Å². The zero-order chi connectivity index (χ0) is 14.8. The van der Waals surface area contributed by atoms with Gasteiger partial charge in [0.2, 0.25) is 15.5 Å². The van der Waals surface area contributed by atoms with E-state index in [0.29, 0.717) is 10.6 Å². The van der Waals surface area contributed by atoms with Crippen molar-refractivity contribution >= 4 is 21.6 Å². The molecule has 0 spiro atoms. The quantitative estimate of drug-likeness (QED) is 0.907. The Labute approximate surface area is 121 Å². The first-order chi connectivity index (χ1) is 9.40. The summed E-state index contributed by atoms with van der Waals surface area (Å²) in [6, 6.07) is 7.53. The highest BCUT2D eigenvalue weighted by molar-refractivity contribution is 7.89. The van der Waals surface area contributed by atoms with Crippen LogP contribution in [0.15, 0.2) is 52.4 Å². The molecule has 20 heavy (non-hydrogen) atoms. The maximum Gasteiger partial charge on any atom is 0.246 e. The van der Waals surface area contributed by atoms with Crippen molar-refractivity contribution in [2.45, 2.75) is 17.9 Å². The van der Waals surface area contributed by atoms with E-state index in [9.17, 15) is 13.2 Å². The first kappa shape index (κ1) is 14.8. The lowest BCUT2D eigenvalue weighted by Crippen LogP contribution is -2.30. The third-order valence-electron chi connectivity index (χ3n) is 2.76. The van der Waals surface area contributed by atoms with E-state index in [1.807, 2.05) is 0 Å². The minimum absolute atomic E-state index is 0.311. The molecule has 1 heterocycles. The summed E-state index contributed by atoms with van der Waals surface area (Å²) >= 11 is 5.87. The molecule has 1 unspecified atom stereocenters. The summed E-state index contributed by atoms with van der Waals surface area (Å²) in [6.07, 6.45) is 2.54. The number of pyridine rings is 1. The Hall–Kier alpha value is -1.63. The van der Waals surface area contributed by atoms with Crippen molar-refractivity contribution < 1.29 is 8.42 Å². The number of halogens is 1. The van der Waals surface area contributed by atoms with Gasteiger partial charge in [-0.2, -0.15) is 0 Å². The Morgan fingerprint density at radius 2 is 2.05 bits per heavy atom. The molecule has 5 nitrogen and oxygen atoms in total. The monoisotopic (exact) mass is 312 g/mol. The van der Waals surface area contributed by atoms with Gasteiger partial charge in [0.1, 0.15) is 4.90 Å². The van der Waals surface area contributed by atoms with Gasteiger partial charge >= 0.3 is 0 Å². The van der Waals surface area contributed by atoms with Gasteiger partial charge in [-0.05, 0) is 24.6 Å². The van der Waals surface area contributed by atoms with Crippen molar-refractivity contribution in [3.05, 3.63) is 63.5 Å². The lowest BCUT2D eigenvalue weighted by molar-refractivity contribution is 0.565. The molecule has 2 rings (SSSR count). The highest BCUT2D eigenvalue weighted by Crippen LogP contribution is 2.19. The molecule has 0 saturated heterocycles. The predicted octanol–water partition coefficient (Wildman–Crippen LogP) is 2.07. The number of aromatic amines is 1. The van der Waals surface area contributed by atoms with Crippen LogP contribution in [-0.4, -0.2) is 13.4 Å². The molecule has 0 bridgehead atoms. The number of rotatable bonds is 4. The normalized spacial score (nSPS) is 13.1. The van der Waals surface area contributed by atoms with Gasteiger partial charge in [0.25, 0.3) is 0 Å². The molecule has 0 fully saturated rings. The molecule has 2 N–H and O–H groups in total. The van der Waals surface area contributed by atoms with Gasteiger partial charge < -0.3 is 4.98 Å². The Bertz CT molecular complexity index is 771. The zero-order valence-corrected chi connectivity index (χ0v) is 12.2. The third kappa shape index (κ3) is 3.27. The largest absolute Gasteiger partial charge is 0.366 e. The van der Waals surface area contributed by atoms with E-state index in [2.05, 4.69) is 9.71 Å². The van der Waals surface area contributed by atoms with Crippen LogP contribution < -0.4 is 10.2 Å². The van der Waals surface area contributed by atoms with Crippen molar-refractivity contribution in [3.8, 4) is 0 Å². The lowest BCUT2D eigenvalue weighted by Gasteiger charge is -2.14. The highest BCUT2D eigenvalue weighted by Gasteiger charge is 2.21. The molecule has 0 radical (unpaired) electrons. The molecular formula is C13H13ClN2O3S. The summed E-state index contributed by atoms with van der Waals surface area (Å²) in [7, 11) is -3.89. The minimum atomic E-state index is -3.89. The zero-order valence-electron chi connectivity index (χ0n) is 10.6. The van der Waals surface area contributed by atoms with Crippen LogP contribution >= 0.6 is 11.6 Å². The van der Waals surface area contributed by atoms with Crippen LogP contribution in [0.3, 0.4) is 0 Å². The van der Waals surface area contributed by atoms with Crippen molar-refractivity contribution in [2.24, 2.45) is 0 Å². The Balaban J connectivity index is 2.29. The summed E-state index contributed by atoms with van der Waals surface area (Å²) < 4.78 is 26.8. The first-order valence-corrected chi connectivity index (χ1v) is 7.71. The molecule has 0 aliphatic rings. The number of nitrogens with one attached hydrogen (secondary N) is 2.